The molecular formula is C23H26N4O4. The van der Waals surface area contributed by atoms with E-state index in [1.54, 1.807) is 0 Å². The van der Waals surface area contributed by atoms with Gasteiger partial charge in [-0.15, -0.1) is 0 Å². The van der Waals surface area contributed by atoms with Crippen molar-refractivity contribution in [3.05, 3.63) is 53.6 Å². The third kappa shape index (κ3) is 4.63. The number of aliphatic imine (C=N–C) groups is 1. The van der Waals surface area contributed by atoms with Gasteiger partial charge in [0.15, 0.2) is 11.5 Å². The third-order valence-corrected chi connectivity index (χ3v) is 5.05. The first-order chi connectivity index (χ1) is 14.8. The highest BCUT2D eigenvalue weighted by Crippen LogP contribution is 2.41. The number of nitrogens with one attached hydrogen (secondary N) is 2. The molecule has 0 saturated carbocycles. The Kier molecular flexibility index (Phi) is 5.54. The minimum Gasteiger partial charge on any atom is -0.488 e. The van der Waals surface area contributed by atoms with Crippen molar-refractivity contribution in [3.8, 4) is 11.5 Å². The second kappa shape index (κ2) is 8.29. The highest BCUT2D eigenvalue weighted by molar-refractivity contribution is 6.39. The molecule has 0 atom stereocenters. The third-order valence-electron chi connectivity index (χ3n) is 5.05. The van der Waals surface area contributed by atoms with E-state index >= 15 is 0 Å². The SMILES string of the molecule is Cc1ccc(N2NC(C(=O)NCCOc3cccc4c3OC(C)(C)C4)=NCC2=O)cc1. The lowest BCUT2D eigenvalue weighted by atomic mass is 10.0. The summed E-state index contributed by atoms with van der Waals surface area (Å²) in [6.45, 7) is 6.52. The number of nitrogens with zero attached hydrogens (tertiary/aromatic N) is 2. The van der Waals surface area contributed by atoms with Crippen LogP contribution in [0.4, 0.5) is 5.69 Å². The summed E-state index contributed by atoms with van der Waals surface area (Å²) in [6.07, 6.45) is 0.831. The van der Waals surface area contributed by atoms with Crippen LogP contribution in [0.1, 0.15) is 25.0 Å². The number of para-hydroxylation sites is 1. The Labute approximate surface area is 181 Å². The van der Waals surface area contributed by atoms with Gasteiger partial charge >= 0.3 is 0 Å². The summed E-state index contributed by atoms with van der Waals surface area (Å²) >= 11 is 0. The first kappa shape index (κ1) is 20.7. The normalized spacial score (nSPS) is 16.7. The minimum absolute atomic E-state index is 0.0888. The van der Waals surface area contributed by atoms with Crippen LogP contribution >= 0.6 is 0 Å². The zero-order valence-electron chi connectivity index (χ0n) is 17.9. The highest BCUT2D eigenvalue weighted by atomic mass is 16.5. The molecule has 2 heterocycles. The number of amidine groups is 1. The fourth-order valence-electron chi connectivity index (χ4n) is 3.56. The molecule has 0 bridgehead atoms. The zero-order chi connectivity index (χ0) is 22.0. The van der Waals surface area contributed by atoms with Gasteiger partial charge in [0, 0.05) is 12.0 Å². The number of fused-ring (bicyclic) bond motifs is 1. The molecule has 8 nitrogen and oxygen atoms in total. The number of aryl methyl sites for hydroxylation is 1. The molecule has 4 rings (SSSR count). The minimum atomic E-state index is -0.399. The average molecular weight is 422 g/mol. The molecule has 162 valence electrons. The number of hydrazine groups is 1. The van der Waals surface area contributed by atoms with Gasteiger partial charge in [-0.25, -0.2) is 5.01 Å². The molecule has 2 aliphatic rings. The summed E-state index contributed by atoms with van der Waals surface area (Å²) < 4.78 is 11.8. The molecule has 0 radical (unpaired) electrons. The lowest BCUT2D eigenvalue weighted by Crippen LogP contribution is -2.56. The molecular weight excluding hydrogens is 396 g/mol. The number of benzene rings is 2. The molecule has 0 aliphatic carbocycles. The number of hydrogen-bond acceptors (Lipinski definition) is 6. The summed E-state index contributed by atoms with van der Waals surface area (Å²) in [6, 6.07) is 13.3. The molecule has 2 aliphatic heterocycles. The van der Waals surface area contributed by atoms with Crippen molar-refractivity contribution in [2.24, 2.45) is 4.99 Å². The van der Waals surface area contributed by atoms with Gasteiger partial charge in [0.25, 0.3) is 11.8 Å². The summed E-state index contributed by atoms with van der Waals surface area (Å²) in [5, 5.41) is 4.10. The number of hydrogen-bond donors (Lipinski definition) is 2. The van der Waals surface area contributed by atoms with Gasteiger partial charge in [0.1, 0.15) is 18.8 Å². The summed E-state index contributed by atoms with van der Waals surface area (Å²) in [5.41, 5.74) is 5.41. The first-order valence-electron chi connectivity index (χ1n) is 10.2. The fourth-order valence-corrected chi connectivity index (χ4v) is 3.56. The number of carbonyl (C=O) groups is 2. The quantitative estimate of drug-likeness (QED) is 0.696. The summed E-state index contributed by atoms with van der Waals surface area (Å²) in [7, 11) is 0. The van der Waals surface area contributed by atoms with E-state index in [2.05, 4.69) is 15.7 Å². The van der Waals surface area contributed by atoms with Crippen LogP contribution in [0.25, 0.3) is 0 Å². The summed E-state index contributed by atoms with van der Waals surface area (Å²) in [5.74, 6) is 0.894. The van der Waals surface area contributed by atoms with Crippen LogP contribution in [0.15, 0.2) is 47.5 Å². The number of ether oxygens (including phenoxy) is 2. The molecule has 2 aromatic carbocycles. The lowest BCUT2D eigenvalue weighted by Gasteiger charge is -2.27. The molecule has 2 aromatic rings. The Morgan fingerprint density at radius 1 is 1.26 bits per heavy atom. The van der Waals surface area contributed by atoms with E-state index in [0.29, 0.717) is 11.4 Å². The van der Waals surface area contributed by atoms with Crippen molar-refractivity contribution in [2.45, 2.75) is 32.8 Å². The first-order valence-corrected chi connectivity index (χ1v) is 10.2. The maximum Gasteiger partial charge on any atom is 0.288 e. The van der Waals surface area contributed by atoms with Crippen molar-refractivity contribution >= 4 is 23.3 Å². The standard InChI is InChI=1S/C23H26N4O4/c1-15-7-9-17(10-8-15)27-19(28)14-25-21(26-27)22(29)24-11-12-30-18-6-4-5-16-13-23(2,3)31-20(16)18/h4-10H,11-14H2,1-3H3,(H,24,29)(H,25,26). The highest BCUT2D eigenvalue weighted by Gasteiger charge is 2.32. The van der Waals surface area contributed by atoms with Gasteiger partial charge in [0.2, 0.25) is 5.84 Å². The Hall–Kier alpha value is -3.55. The van der Waals surface area contributed by atoms with Gasteiger partial charge in [0.05, 0.1) is 12.2 Å². The van der Waals surface area contributed by atoms with Crippen LogP contribution in [0.3, 0.4) is 0 Å². The molecule has 0 fully saturated rings. The maximum absolute atomic E-state index is 12.5. The fraction of sp³-hybridized carbons (Fsp3) is 0.348. The van der Waals surface area contributed by atoms with Gasteiger partial charge < -0.3 is 14.8 Å². The van der Waals surface area contributed by atoms with E-state index < -0.39 is 5.91 Å². The van der Waals surface area contributed by atoms with E-state index in [0.717, 1.165) is 23.3 Å². The van der Waals surface area contributed by atoms with E-state index in [1.807, 2.05) is 63.2 Å². The zero-order valence-corrected chi connectivity index (χ0v) is 17.9. The maximum atomic E-state index is 12.5. The topological polar surface area (TPSA) is 92.3 Å². The van der Waals surface area contributed by atoms with E-state index in [4.69, 9.17) is 9.47 Å². The molecule has 0 aromatic heterocycles. The lowest BCUT2D eigenvalue weighted by molar-refractivity contribution is -0.118. The second-order valence-electron chi connectivity index (χ2n) is 8.23. The van der Waals surface area contributed by atoms with Crippen molar-refractivity contribution in [2.75, 3.05) is 24.7 Å². The van der Waals surface area contributed by atoms with Crippen LogP contribution in [0, 0.1) is 6.92 Å². The van der Waals surface area contributed by atoms with Crippen LogP contribution < -0.4 is 25.2 Å². The van der Waals surface area contributed by atoms with Gasteiger partial charge in [-0.3, -0.25) is 20.0 Å². The molecule has 2 N–H and O–H groups in total. The predicted molar refractivity (Wildman–Crippen MR) is 117 cm³/mol. The molecule has 31 heavy (non-hydrogen) atoms. The van der Waals surface area contributed by atoms with E-state index in [-0.39, 0.29) is 37.0 Å². The van der Waals surface area contributed by atoms with Crippen molar-refractivity contribution in [1.82, 2.24) is 10.7 Å². The molecule has 0 spiro atoms. The number of rotatable bonds is 6. The Balaban J connectivity index is 1.30. The van der Waals surface area contributed by atoms with Crippen LogP contribution in [-0.2, 0) is 16.0 Å². The average Bonchev–Trinajstić information content (AvgIpc) is 3.06. The van der Waals surface area contributed by atoms with Crippen LogP contribution in [0.5, 0.6) is 11.5 Å². The van der Waals surface area contributed by atoms with E-state index in [1.165, 1.54) is 5.01 Å². The molecule has 0 saturated heterocycles. The van der Waals surface area contributed by atoms with Gasteiger partial charge in [-0.2, -0.15) is 0 Å². The smallest absolute Gasteiger partial charge is 0.288 e. The van der Waals surface area contributed by atoms with Gasteiger partial charge in [-0.05, 0) is 39.0 Å². The number of anilines is 1. The monoisotopic (exact) mass is 422 g/mol. The van der Waals surface area contributed by atoms with Crippen LogP contribution in [-0.4, -0.2) is 42.9 Å². The molecule has 8 heteroatoms. The number of amides is 2. The predicted octanol–water partition coefficient (Wildman–Crippen LogP) is 2.15. The second-order valence-corrected chi connectivity index (χ2v) is 8.23. The van der Waals surface area contributed by atoms with Gasteiger partial charge in [-0.1, -0.05) is 29.8 Å². The van der Waals surface area contributed by atoms with E-state index in [9.17, 15) is 9.59 Å². The Morgan fingerprint density at radius 3 is 2.81 bits per heavy atom. The Morgan fingerprint density at radius 2 is 2.03 bits per heavy atom. The molecule has 2 amide bonds. The van der Waals surface area contributed by atoms with Crippen LogP contribution in [0.2, 0.25) is 0 Å². The molecule has 0 unspecified atom stereocenters. The van der Waals surface area contributed by atoms with Crippen molar-refractivity contribution in [1.29, 1.82) is 0 Å². The van der Waals surface area contributed by atoms with Crippen molar-refractivity contribution < 1.29 is 19.1 Å². The number of carbonyl (C=O) groups excluding carboxylic acids is 2. The Bertz CT molecular complexity index is 1030. The largest absolute Gasteiger partial charge is 0.488 e. The summed E-state index contributed by atoms with van der Waals surface area (Å²) in [4.78, 5) is 28.7. The van der Waals surface area contributed by atoms with Crippen molar-refractivity contribution in [3.63, 3.8) is 0 Å².